The smallest absolute Gasteiger partial charge is 0.342 e. The van der Waals surface area contributed by atoms with Gasteiger partial charge in [0.25, 0.3) is 5.91 Å². The van der Waals surface area contributed by atoms with E-state index in [0.29, 0.717) is 18.2 Å². The number of hydrogen-bond acceptors (Lipinski definition) is 2. The van der Waals surface area contributed by atoms with Gasteiger partial charge < -0.3 is 5.32 Å². The van der Waals surface area contributed by atoms with Crippen molar-refractivity contribution in [2.75, 3.05) is 0 Å². The SMILES string of the molecule is CCC(=O)C(C)NC(=O)c1cc(C(F)(F)F)ccc1F. The van der Waals surface area contributed by atoms with Crippen molar-refractivity contribution in [1.29, 1.82) is 0 Å². The summed E-state index contributed by atoms with van der Waals surface area (Å²) in [6.45, 7) is 2.96. The van der Waals surface area contributed by atoms with Gasteiger partial charge in [-0.25, -0.2) is 4.39 Å². The second kappa shape index (κ2) is 6.02. The maximum Gasteiger partial charge on any atom is 0.416 e. The average molecular weight is 291 g/mol. The molecule has 3 nitrogen and oxygen atoms in total. The molecular weight excluding hydrogens is 278 g/mol. The average Bonchev–Trinajstić information content (AvgIpc) is 2.36. The standard InChI is InChI=1S/C13H13F4NO2/c1-3-11(19)7(2)18-12(20)9-6-8(13(15,16)17)4-5-10(9)14/h4-7H,3H2,1-2H3,(H,18,20). The summed E-state index contributed by atoms with van der Waals surface area (Å²) in [5.41, 5.74) is -1.87. The van der Waals surface area contributed by atoms with Crippen molar-refractivity contribution in [3.05, 3.63) is 35.1 Å². The summed E-state index contributed by atoms with van der Waals surface area (Å²) in [6, 6.07) is 0.659. The molecule has 0 spiro atoms. The van der Waals surface area contributed by atoms with Crippen LogP contribution < -0.4 is 5.32 Å². The Morgan fingerprint density at radius 3 is 2.40 bits per heavy atom. The third-order valence-electron chi connectivity index (χ3n) is 2.72. The summed E-state index contributed by atoms with van der Waals surface area (Å²) in [4.78, 5) is 23.0. The topological polar surface area (TPSA) is 46.2 Å². The van der Waals surface area contributed by atoms with Crippen LogP contribution in [0, 0.1) is 5.82 Å². The zero-order valence-corrected chi connectivity index (χ0v) is 10.8. The molecular formula is C13H13F4NO2. The quantitative estimate of drug-likeness (QED) is 0.867. The number of halogens is 4. The van der Waals surface area contributed by atoms with E-state index in [1.165, 1.54) is 6.92 Å². The second-order valence-corrected chi connectivity index (χ2v) is 4.21. The van der Waals surface area contributed by atoms with E-state index in [1.54, 1.807) is 6.92 Å². The zero-order valence-electron chi connectivity index (χ0n) is 10.8. The Morgan fingerprint density at radius 2 is 1.90 bits per heavy atom. The highest BCUT2D eigenvalue weighted by Crippen LogP contribution is 2.30. The fraction of sp³-hybridized carbons (Fsp3) is 0.385. The first-order chi connectivity index (χ1) is 9.16. The summed E-state index contributed by atoms with van der Waals surface area (Å²) in [5, 5.41) is 2.17. The van der Waals surface area contributed by atoms with Crippen LogP contribution in [0.5, 0.6) is 0 Å². The lowest BCUT2D eigenvalue weighted by Gasteiger charge is -2.13. The Labute approximate surface area is 113 Å². The maximum absolute atomic E-state index is 13.4. The monoisotopic (exact) mass is 291 g/mol. The number of rotatable bonds is 4. The molecule has 7 heteroatoms. The van der Waals surface area contributed by atoms with Crippen LogP contribution in [0.15, 0.2) is 18.2 Å². The van der Waals surface area contributed by atoms with Gasteiger partial charge >= 0.3 is 6.18 Å². The Morgan fingerprint density at radius 1 is 1.30 bits per heavy atom. The van der Waals surface area contributed by atoms with Gasteiger partial charge in [-0.2, -0.15) is 13.2 Å². The molecule has 0 heterocycles. The number of hydrogen-bond donors (Lipinski definition) is 1. The number of ketones is 1. The number of alkyl halides is 3. The fourth-order valence-electron chi connectivity index (χ4n) is 1.54. The van der Waals surface area contributed by atoms with E-state index in [2.05, 4.69) is 5.32 Å². The highest BCUT2D eigenvalue weighted by molar-refractivity contribution is 5.98. The van der Waals surface area contributed by atoms with Gasteiger partial charge in [-0.05, 0) is 25.1 Å². The van der Waals surface area contributed by atoms with Crippen LogP contribution in [0.3, 0.4) is 0 Å². The first kappa shape index (κ1) is 16.1. The molecule has 1 N–H and O–H groups in total. The van der Waals surface area contributed by atoms with Crippen LogP contribution in [0.2, 0.25) is 0 Å². The Kier molecular flexibility index (Phi) is 4.86. The molecule has 1 unspecified atom stereocenters. The zero-order chi connectivity index (χ0) is 15.5. The number of amides is 1. The van der Waals surface area contributed by atoms with Gasteiger partial charge in [0.2, 0.25) is 0 Å². The molecule has 1 atom stereocenters. The number of benzene rings is 1. The van der Waals surface area contributed by atoms with E-state index < -0.39 is 35.1 Å². The summed E-state index contributed by atoms with van der Waals surface area (Å²) < 4.78 is 50.9. The highest BCUT2D eigenvalue weighted by atomic mass is 19.4. The number of Topliss-reactive ketones (excluding diaryl/α,β-unsaturated/α-hetero) is 1. The van der Waals surface area contributed by atoms with Crippen LogP contribution in [0.1, 0.15) is 36.2 Å². The van der Waals surface area contributed by atoms with Gasteiger partial charge in [0.05, 0.1) is 17.2 Å². The molecule has 1 rings (SSSR count). The molecule has 20 heavy (non-hydrogen) atoms. The van der Waals surface area contributed by atoms with Crippen LogP contribution in [0.4, 0.5) is 17.6 Å². The normalized spacial score (nSPS) is 12.9. The molecule has 0 aliphatic rings. The lowest BCUT2D eigenvalue weighted by Crippen LogP contribution is -2.38. The molecule has 1 aromatic carbocycles. The lowest BCUT2D eigenvalue weighted by molar-refractivity contribution is -0.137. The third-order valence-corrected chi connectivity index (χ3v) is 2.72. The van der Waals surface area contributed by atoms with Crippen molar-refractivity contribution < 1.29 is 27.2 Å². The molecule has 1 amide bonds. The minimum Gasteiger partial charge on any atom is -0.342 e. The van der Waals surface area contributed by atoms with E-state index in [1.807, 2.05) is 0 Å². The summed E-state index contributed by atoms with van der Waals surface area (Å²) >= 11 is 0. The minimum atomic E-state index is -4.67. The molecule has 0 aliphatic carbocycles. The molecule has 0 aliphatic heterocycles. The van der Waals surface area contributed by atoms with E-state index >= 15 is 0 Å². The van der Waals surface area contributed by atoms with Crippen LogP contribution >= 0.6 is 0 Å². The lowest BCUT2D eigenvalue weighted by atomic mass is 10.1. The highest BCUT2D eigenvalue weighted by Gasteiger charge is 2.32. The van der Waals surface area contributed by atoms with Crippen LogP contribution in [-0.4, -0.2) is 17.7 Å². The molecule has 0 saturated heterocycles. The van der Waals surface area contributed by atoms with Gasteiger partial charge in [-0.15, -0.1) is 0 Å². The summed E-state index contributed by atoms with van der Waals surface area (Å²) in [5.74, 6) is -2.43. The molecule has 110 valence electrons. The molecule has 1 aromatic rings. The molecule has 0 fully saturated rings. The predicted molar refractivity (Wildman–Crippen MR) is 63.6 cm³/mol. The number of carbonyl (C=O) groups is 2. The maximum atomic E-state index is 13.4. The summed E-state index contributed by atoms with van der Waals surface area (Å²) in [7, 11) is 0. The third kappa shape index (κ3) is 3.79. The van der Waals surface area contributed by atoms with Crippen molar-refractivity contribution >= 4 is 11.7 Å². The Hall–Kier alpha value is -1.92. The molecule has 0 bridgehead atoms. The molecule has 0 saturated carbocycles. The molecule has 0 aromatic heterocycles. The van der Waals surface area contributed by atoms with Gasteiger partial charge in [0, 0.05) is 6.42 Å². The van der Waals surface area contributed by atoms with Crippen LogP contribution in [0.25, 0.3) is 0 Å². The van der Waals surface area contributed by atoms with Crippen molar-refractivity contribution in [3.8, 4) is 0 Å². The summed E-state index contributed by atoms with van der Waals surface area (Å²) in [6.07, 6.45) is -4.51. The minimum absolute atomic E-state index is 0.159. The first-order valence-electron chi connectivity index (χ1n) is 5.87. The van der Waals surface area contributed by atoms with E-state index in [4.69, 9.17) is 0 Å². The van der Waals surface area contributed by atoms with Gasteiger partial charge in [0.15, 0.2) is 5.78 Å². The Balaban J connectivity index is 3.01. The van der Waals surface area contributed by atoms with E-state index in [0.717, 1.165) is 0 Å². The van der Waals surface area contributed by atoms with Crippen molar-refractivity contribution in [3.63, 3.8) is 0 Å². The van der Waals surface area contributed by atoms with Gasteiger partial charge in [0.1, 0.15) is 5.82 Å². The Bertz CT molecular complexity index is 526. The van der Waals surface area contributed by atoms with Crippen molar-refractivity contribution in [2.45, 2.75) is 32.5 Å². The van der Waals surface area contributed by atoms with E-state index in [-0.39, 0.29) is 12.2 Å². The van der Waals surface area contributed by atoms with Crippen LogP contribution in [-0.2, 0) is 11.0 Å². The fourth-order valence-corrected chi connectivity index (χ4v) is 1.54. The second-order valence-electron chi connectivity index (χ2n) is 4.21. The van der Waals surface area contributed by atoms with Crippen molar-refractivity contribution in [2.24, 2.45) is 0 Å². The van der Waals surface area contributed by atoms with Gasteiger partial charge in [-0.1, -0.05) is 6.92 Å². The van der Waals surface area contributed by atoms with E-state index in [9.17, 15) is 27.2 Å². The largest absolute Gasteiger partial charge is 0.416 e. The molecule has 0 radical (unpaired) electrons. The number of nitrogens with one attached hydrogen (secondary N) is 1. The first-order valence-corrected chi connectivity index (χ1v) is 5.87. The number of carbonyl (C=O) groups excluding carboxylic acids is 2. The van der Waals surface area contributed by atoms with Gasteiger partial charge in [-0.3, -0.25) is 9.59 Å². The predicted octanol–water partition coefficient (Wildman–Crippen LogP) is 2.94. The van der Waals surface area contributed by atoms with Crippen molar-refractivity contribution in [1.82, 2.24) is 5.32 Å².